The van der Waals surface area contributed by atoms with Gasteiger partial charge in [0.25, 0.3) is 0 Å². The summed E-state index contributed by atoms with van der Waals surface area (Å²) in [4.78, 5) is 28.8. The summed E-state index contributed by atoms with van der Waals surface area (Å²) < 4.78 is 14.6. The lowest BCUT2D eigenvalue weighted by atomic mass is 10.0. The zero-order valence-corrected chi connectivity index (χ0v) is 20.0. The van der Waals surface area contributed by atoms with Crippen molar-refractivity contribution in [2.75, 3.05) is 0 Å². The van der Waals surface area contributed by atoms with Crippen molar-refractivity contribution in [2.45, 2.75) is 63.6 Å². The van der Waals surface area contributed by atoms with E-state index in [2.05, 4.69) is 5.32 Å². The molecule has 4 rings (SSSR count). The number of rotatable bonds is 10. The van der Waals surface area contributed by atoms with Crippen LogP contribution in [0.1, 0.15) is 48.8 Å². The second kappa shape index (κ2) is 12.3. The van der Waals surface area contributed by atoms with Crippen molar-refractivity contribution in [1.29, 1.82) is 0 Å². The minimum Gasteiger partial charge on any atom is -0.352 e. The summed E-state index contributed by atoms with van der Waals surface area (Å²) in [5, 5.41) is 3.18. The van der Waals surface area contributed by atoms with Crippen LogP contribution >= 0.6 is 0 Å². The second-order valence-electron chi connectivity index (χ2n) is 9.29. The lowest BCUT2D eigenvalue weighted by Gasteiger charge is -2.32. The predicted octanol–water partition coefficient (Wildman–Crippen LogP) is 5.46. The van der Waals surface area contributed by atoms with Crippen molar-refractivity contribution in [3.63, 3.8) is 0 Å². The first-order valence-corrected chi connectivity index (χ1v) is 12.5. The predicted molar refractivity (Wildman–Crippen MR) is 136 cm³/mol. The molecule has 2 amide bonds. The maximum absolute atomic E-state index is 14.6. The van der Waals surface area contributed by atoms with Crippen molar-refractivity contribution < 1.29 is 14.0 Å². The zero-order valence-electron chi connectivity index (χ0n) is 20.0. The third-order valence-corrected chi connectivity index (χ3v) is 6.74. The van der Waals surface area contributed by atoms with Crippen LogP contribution in [0.5, 0.6) is 0 Å². The van der Waals surface area contributed by atoms with Gasteiger partial charge in [-0.3, -0.25) is 9.59 Å². The number of amides is 2. The van der Waals surface area contributed by atoms with E-state index >= 15 is 0 Å². The lowest BCUT2D eigenvalue weighted by Crippen LogP contribution is -2.52. The summed E-state index contributed by atoms with van der Waals surface area (Å²) in [6.07, 6.45) is 5.31. The van der Waals surface area contributed by atoms with Gasteiger partial charge in [0.2, 0.25) is 11.8 Å². The smallest absolute Gasteiger partial charge is 0.243 e. The quantitative estimate of drug-likeness (QED) is 0.426. The standard InChI is InChI=1S/C30H33FN2O2/c31-27-18-10-7-15-25(27)22-33(29(34)20-19-23-11-3-1-4-12-23)28(21-24-13-5-2-6-14-24)30(35)32-26-16-8-9-17-26/h1-7,10-15,18,26,28H,8-9,16-17,19-22H2,(H,32,35)/t28-/m1/s1. The molecule has 0 saturated heterocycles. The molecule has 0 unspecified atom stereocenters. The van der Waals surface area contributed by atoms with Crippen molar-refractivity contribution in [3.05, 3.63) is 107 Å². The Morgan fingerprint density at radius 3 is 2.11 bits per heavy atom. The fourth-order valence-electron chi connectivity index (χ4n) is 4.77. The van der Waals surface area contributed by atoms with Crippen LogP contribution in [0.2, 0.25) is 0 Å². The summed E-state index contributed by atoms with van der Waals surface area (Å²) in [7, 11) is 0. The number of aryl methyl sites for hydroxylation is 1. The van der Waals surface area contributed by atoms with E-state index < -0.39 is 6.04 Å². The van der Waals surface area contributed by atoms with Crippen molar-refractivity contribution in [1.82, 2.24) is 10.2 Å². The molecule has 0 aliphatic heterocycles. The van der Waals surface area contributed by atoms with Gasteiger partial charge < -0.3 is 10.2 Å². The second-order valence-corrected chi connectivity index (χ2v) is 9.29. The van der Waals surface area contributed by atoms with Gasteiger partial charge in [0.1, 0.15) is 11.9 Å². The van der Waals surface area contributed by atoms with Gasteiger partial charge in [-0.25, -0.2) is 4.39 Å². The average molecular weight is 473 g/mol. The van der Waals surface area contributed by atoms with Crippen LogP contribution in [0.3, 0.4) is 0 Å². The number of carbonyl (C=O) groups is 2. The molecule has 0 radical (unpaired) electrons. The largest absolute Gasteiger partial charge is 0.352 e. The number of hydrogen-bond donors (Lipinski definition) is 1. The molecule has 5 heteroatoms. The van der Waals surface area contributed by atoms with Gasteiger partial charge in [0, 0.05) is 31.0 Å². The summed E-state index contributed by atoms with van der Waals surface area (Å²) in [5.74, 6) is -0.687. The van der Waals surface area contributed by atoms with E-state index in [4.69, 9.17) is 0 Å². The maximum atomic E-state index is 14.6. The molecule has 0 spiro atoms. The number of nitrogens with zero attached hydrogens (tertiary/aromatic N) is 1. The first-order chi connectivity index (χ1) is 17.1. The molecule has 4 nitrogen and oxygen atoms in total. The monoisotopic (exact) mass is 472 g/mol. The number of hydrogen-bond acceptors (Lipinski definition) is 2. The molecule has 1 saturated carbocycles. The molecule has 3 aromatic rings. The topological polar surface area (TPSA) is 49.4 Å². The van der Waals surface area contributed by atoms with Crippen molar-refractivity contribution in [2.24, 2.45) is 0 Å². The summed E-state index contributed by atoms with van der Waals surface area (Å²) >= 11 is 0. The highest BCUT2D eigenvalue weighted by atomic mass is 19.1. The summed E-state index contributed by atoms with van der Waals surface area (Å²) in [6.45, 7) is 0.0515. The number of halogens is 1. The first kappa shape index (κ1) is 24.6. The Balaban J connectivity index is 1.61. The molecule has 1 fully saturated rings. The van der Waals surface area contributed by atoms with E-state index in [1.807, 2.05) is 60.7 Å². The van der Waals surface area contributed by atoms with Crippen LogP contribution < -0.4 is 5.32 Å². The van der Waals surface area contributed by atoms with Crippen LogP contribution in [0.15, 0.2) is 84.9 Å². The summed E-state index contributed by atoms with van der Waals surface area (Å²) in [5.41, 5.74) is 2.43. The molecule has 1 atom stereocenters. The molecule has 1 N–H and O–H groups in total. The van der Waals surface area contributed by atoms with Crippen LogP contribution in [0, 0.1) is 5.82 Å². The lowest BCUT2D eigenvalue weighted by molar-refractivity contribution is -0.141. The van der Waals surface area contributed by atoms with Crippen LogP contribution in [-0.2, 0) is 29.0 Å². The minimum absolute atomic E-state index is 0.0515. The fraction of sp³-hybridized carbons (Fsp3) is 0.333. The van der Waals surface area contributed by atoms with Gasteiger partial charge >= 0.3 is 0 Å². The number of nitrogens with one attached hydrogen (secondary N) is 1. The van der Waals surface area contributed by atoms with Gasteiger partial charge in [-0.15, -0.1) is 0 Å². The van der Waals surface area contributed by atoms with Crippen LogP contribution in [0.25, 0.3) is 0 Å². The molecule has 0 heterocycles. The van der Waals surface area contributed by atoms with Crippen molar-refractivity contribution in [3.8, 4) is 0 Å². The van der Waals surface area contributed by atoms with Crippen LogP contribution in [0.4, 0.5) is 4.39 Å². The zero-order chi connectivity index (χ0) is 24.5. The van der Waals surface area contributed by atoms with E-state index in [-0.39, 0.29) is 36.6 Å². The fourth-order valence-corrected chi connectivity index (χ4v) is 4.77. The van der Waals surface area contributed by atoms with Crippen molar-refractivity contribution >= 4 is 11.8 Å². The van der Waals surface area contributed by atoms with Gasteiger partial charge in [-0.1, -0.05) is 91.7 Å². The van der Waals surface area contributed by atoms with Crippen LogP contribution in [-0.4, -0.2) is 28.8 Å². The molecule has 182 valence electrons. The Hall–Kier alpha value is -3.47. The highest BCUT2D eigenvalue weighted by Gasteiger charge is 2.32. The van der Waals surface area contributed by atoms with Gasteiger partial charge in [-0.2, -0.15) is 0 Å². The average Bonchev–Trinajstić information content (AvgIpc) is 3.40. The highest BCUT2D eigenvalue weighted by molar-refractivity contribution is 5.88. The molecule has 0 aromatic heterocycles. The SMILES string of the molecule is O=C(NC1CCCC1)[C@@H](Cc1ccccc1)N(Cc1ccccc1F)C(=O)CCc1ccccc1. The Labute approximate surface area is 207 Å². The maximum Gasteiger partial charge on any atom is 0.243 e. The molecule has 1 aliphatic carbocycles. The Morgan fingerprint density at radius 1 is 0.857 bits per heavy atom. The normalized spacial score (nSPS) is 14.4. The molecular weight excluding hydrogens is 439 g/mol. The Kier molecular flexibility index (Phi) is 8.66. The molecule has 35 heavy (non-hydrogen) atoms. The van der Waals surface area contributed by atoms with Gasteiger partial charge in [-0.05, 0) is 36.5 Å². The first-order valence-electron chi connectivity index (χ1n) is 12.5. The van der Waals surface area contributed by atoms with E-state index in [0.717, 1.165) is 36.8 Å². The Morgan fingerprint density at radius 2 is 1.46 bits per heavy atom. The van der Waals surface area contributed by atoms with Gasteiger partial charge in [0.05, 0.1) is 0 Å². The molecular formula is C30H33FN2O2. The number of benzene rings is 3. The summed E-state index contributed by atoms with van der Waals surface area (Å²) in [6, 6.07) is 25.4. The highest BCUT2D eigenvalue weighted by Crippen LogP contribution is 2.21. The van der Waals surface area contributed by atoms with E-state index in [0.29, 0.717) is 18.4 Å². The van der Waals surface area contributed by atoms with E-state index in [9.17, 15) is 14.0 Å². The third kappa shape index (κ3) is 7.01. The molecule has 3 aromatic carbocycles. The molecule has 1 aliphatic rings. The van der Waals surface area contributed by atoms with E-state index in [1.54, 1.807) is 23.1 Å². The Bertz CT molecular complexity index is 1100. The minimum atomic E-state index is -0.721. The van der Waals surface area contributed by atoms with E-state index in [1.165, 1.54) is 6.07 Å². The molecule has 0 bridgehead atoms. The van der Waals surface area contributed by atoms with Gasteiger partial charge in [0.15, 0.2) is 0 Å². The number of carbonyl (C=O) groups excluding carboxylic acids is 2. The third-order valence-electron chi connectivity index (χ3n) is 6.74.